The SMILES string of the molecule is COc1ccc(C(C)=O)c(OCc2ccc(C)cc2Cl)c1. The number of hydrogen-bond donors (Lipinski definition) is 0. The molecular formula is C17H17ClO3. The Bertz CT molecular complexity index is 665. The van der Waals surface area contributed by atoms with Crippen LogP contribution in [-0.4, -0.2) is 12.9 Å². The summed E-state index contributed by atoms with van der Waals surface area (Å²) < 4.78 is 10.9. The molecule has 21 heavy (non-hydrogen) atoms. The van der Waals surface area contributed by atoms with E-state index in [9.17, 15) is 4.79 Å². The van der Waals surface area contributed by atoms with Crippen molar-refractivity contribution in [2.24, 2.45) is 0 Å². The predicted molar refractivity (Wildman–Crippen MR) is 83.5 cm³/mol. The molecule has 0 heterocycles. The lowest BCUT2D eigenvalue weighted by Crippen LogP contribution is -2.02. The first kappa shape index (κ1) is 15.4. The highest BCUT2D eigenvalue weighted by Crippen LogP contribution is 2.27. The number of ketones is 1. The highest BCUT2D eigenvalue weighted by atomic mass is 35.5. The van der Waals surface area contributed by atoms with Crippen LogP contribution in [0.15, 0.2) is 36.4 Å². The Labute approximate surface area is 129 Å². The minimum atomic E-state index is -0.0531. The molecule has 2 aromatic carbocycles. The number of methoxy groups -OCH3 is 1. The first-order chi connectivity index (χ1) is 10.0. The third-order valence-electron chi connectivity index (χ3n) is 3.16. The largest absolute Gasteiger partial charge is 0.497 e. The third kappa shape index (κ3) is 3.76. The van der Waals surface area contributed by atoms with E-state index in [0.29, 0.717) is 28.7 Å². The van der Waals surface area contributed by atoms with Gasteiger partial charge < -0.3 is 9.47 Å². The lowest BCUT2D eigenvalue weighted by atomic mass is 10.1. The maximum atomic E-state index is 11.6. The molecule has 0 aliphatic heterocycles. The van der Waals surface area contributed by atoms with Gasteiger partial charge in [0, 0.05) is 16.7 Å². The van der Waals surface area contributed by atoms with E-state index in [2.05, 4.69) is 0 Å². The summed E-state index contributed by atoms with van der Waals surface area (Å²) in [6.45, 7) is 3.78. The quantitative estimate of drug-likeness (QED) is 0.766. The smallest absolute Gasteiger partial charge is 0.163 e. The zero-order valence-electron chi connectivity index (χ0n) is 12.3. The molecule has 3 nitrogen and oxygen atoms in total. The monoisotopic (exact) mass is 304 g/mol. The van der Waals surface area contributed by atoms with Gasteiger partial charge in [0.1, 0.15) is 18.1 Å². The molecule has 0 aliphatic carbocycles. The van der Waals surface area contributed by atoms with Crippen molar-refractivity contribution < 1.29 is 14.3 Å². The molecule has 2 rings (SSSR count). The summed E-state index contributed by atoms with van der Waals surface area (Å²) in [7, 11) is 1.57. The van der Waals surface area contributed by atoms with Gasteiger partial charge >= 0.3 is 0 Å². The fourth-order valence-electron chi connectivity index (χ4n) is 1.96. The number of carbonyl (C=O) groups is 1. The van der Waals surface area contributed by atoms with E-state index in [-0.39, 0.29) is 5.78 Å². The Kier molecular flexibility index (Phi) is 4.86. The maximum absolute atomic E-state index is 11.6. The number of halogens is 1. The van der Waals surface area contributed by atoms with Crippen LogP contribution in [0.5, 0.6) is 11.5 Å². The van der Waals surface area contributed by atoms with Crippen LogP contribution in [0.25, 0.3) is 0 Å². The molecule has 0 unspecified atom stereocenters. The summed E-state index contributed by atoms with van der Waals surface area (Å²) in [5, 5.41) is 0.655. The van der Waals surface area contributed by atoms with Crippen LogP contribution in [-0.2, 0) is 6.61 Å². The summed E-state index contributed by atoms with van der Waals surface area (Å²) in [5.41, 5.74) is 2.49. The number of hydrogen-bond acceptors (Lipinski definition) is 3. The van der Waals surface area contributed by atoms with E-state index in [0.717, 1.165) is 11.1 Å². The van der Waals surface area contributed by atoms with Crippen molar-refractivity contribution in [2.45, 2.75) is 20.5 Å². The molecule has 110 valence electrons. The molecule has 0 fully saturated rings. The minimum Gasteiger partial charge on any atom is -0.497 e. The highest BCUT2D eigenvalue weighted by Gasteiger charge is 2.11. The van der Waals surface area contributed by atoms with Gasteiger partial charge in [0.25, 0.3) is 0 Å². The summed E-state index contributed by atoms with van der Waals surface area (Å²) in [5.74, 6) is 1.09. The van der Waals surface area contributed by atoms with Gasteiger partial charge in [0.15, 0.2) is 5.78 Å². The van der Waals surface area contributed by atoms with E-state index in [1.165, 1.54) is 6.92 Å². The Morgan fingerprint density at radius 3 is 2.57 bits per heavy atom. The molecule has 0 aromatic heterocycles. The standard InChI is InChI=1S/C17H17ClO3/c1-11-4-5-13(16(18)8-11)10-21-17-9-14(20-3)6-7-15(17)12(2)19/h4-9H,10H2,1-3H3. The average Bonchev–Trinajstić information content (AvgIpc) is 2.45. The lowest BCUT2D eigenvalue weighted by molar-refractivity contribution is 0.101. The molecule has 4 heteroatoms. The van der Waals surface area contributed by atoms with Crippen LogP contribution in [0.3, 0.4) is 0 Å². The zero-order valence-corrected chi connectivity index (χ0v) is 13.0. The number of Topliss-reactive ketones (excluding diaryl/α,β-unsaturated/α-hetero) is 1. The number of benzene rings is 2. The van der Waals surface area contributed by atoms with Gasteiger partial charge in [-0.05, 0) is 37.6 Å². The normalized spacial score (nSPS) is 10.3. The van der Waals surface area contributed by atoms with Crippen molar-refractivity contribution in [3.8, 4) is 11.5 Å². The second-order valence-corrected chi connectivity index (χ2v) is 5.21. The lowest BCUT2D eigenvalue weighted by Gasteiger charge is -2.12. The third-order valence-corrected chi connectivity index (χ3v) is 3.51. The van der Waals surface area contributed by atoms with Crippen molar-refractivity contribution in [2.75, 3.05) is 7.11 Å². The topological polar surface area (TPSA) is 35.5 Å². The molecule has 0 amide bonds. The van der Waals surface area contributed by atoms with Crippen LogP contribution in [0.1, 0.15) is 28.4 Å². The summed E-state index contributed by atoms with van der Waals surface area (Å²) in [6.07, 6.45) is 0. The molecule has 0 saturated heterocycles. The van der Waals surface area contributed by atoms with Crippen molar-refractivity contribution in [1.29, 1.82) is 0 Å². The van der Waals surface area contributed by atoms with E-state index in [4.69, 9.17) is 21.1 Å². The minimum absolute atomic E-state index is 0.0531. The molecule has 0 spiro atoms. The molecule has 2 aromatic rings. The Hall–Kier alpha value is -2.00. The predicted octanol–water partition coefficient (Wildman–Crippen LogP) is 4.44. The fourth-order valence-corrected chi connectivity index (χ4v) is 2.25. The number of carbonyl (C=O) groups excluding carboxylic acids is 1. The van der Waals surface area contributed by atoms with Crippen LogP contribution in [0.4, 0.5) is 0 Å². The van der Waals surface area contributed by atoms with E-state index in [1.807, 2.05) is 25.1 Å². The van der Waals surface area contributed by atoms with Crippen molar-refractivity contribution in [1.82, 2.24) is 0 Å². The van der Waals surface area contributed by atoms with Gasteiger partial charge in [-0.25, -0.2) is 0 Å². The molecule has 0 bridgehead atoms. The summed E-state index contributed by atoms with van der Waals surface area (Å²) in [4.78, 5) is 11.6. The van der Waals surface area contributed by atoms with Gasteiger partial charge in [0.2, 0.25) is 0 Å². The van der Waals surface area contributed by atoms with Crippen molar-refractivity contribution in [3.05, 3.63) is 58.1 Å². The van der Waals surface area contributed by atoms with Gasteiger partial charge in [-0.3, -0.25) is 4.79 Å². The summed E-state index contributed by atoms with van der Waals surface area (Å²) in [6, 6.07) is 10.9. The maximum Gasteiger partial charge on any atom is 0.163 e. The molecular weight excluding hydrogens is 288 g/mol. The number of rotatable bonds is 5. The number of aryl methyl sites for hydroxylation is 1. The van der Waals surface area contributed by atoms with Crippen LogP contribution < -0.4 is 9.47 Å². The van der Waals surface area contributed by atoms with Gasteiger partial charge in [-0.15, -0.1) is 0 Å². The molecule has 0 N–H and O–H groups in total. The second-order valence-electron chi connectivity index (χ2n) is 4.80. The van der Waals surface area contributed by atoms with E-state index in [1.54, 1.807) is 25.3 Å². The highest BCUT2D eigenvalue weighted by molar-refractivity contribution is 6.31. The fraction of sp³-hybridized carbons (Fsp3) is 0.235. The Morgan fingerprint density at radius 2 is 1.95 bits per heavy atom. The van der Waals surface area contributed by atoms with Crippen molar-refractivity contribution in [3.63, 3.8) is 0 Å². The Morgan fingerprint density at radius 1 is 1.19 bits per heavy atom. The van der Waals surface area contributed by atoms with E-state index >= 15 is 0 Å². The van der Waals surface area contributed by atoms with Gasteiger partial charge in [-0.1, -0.05) is 23.7 Å². The first-order valence-corrected chi connectivity index (χ1v) is 6.96. The van der Waals surface area contributed by atoms with Gasteiger partial charge in [-0.2, -0.15) is 0 Å². The molecule has 0 radical (unpaired) electrons. The molecule has 0 aliphatic rings. The first-order valence-electron chi connectivity index (χ1n) is 6.58. The molecule has 0 saturated carbocycles. The van der Waals surface area contributed by atoms with E-state index < -0.39 is 0 Å². The van der Waals surface area contributed by atoms with Crippen LogP contribution in [0, 0.1) is 6.92 Å². The second kappa shape index (κ2) is 6.64. The molecule has 0 atom stereocenters. The van der Waals surface area contributed by atoms with Crippen molar-refractivity contribution >= 4 is 17.4 Å². The number of ether oxygens (including phenoxy) is 2. The summed E-state index contributed by atoms with van der Waals surface area (Å²) >= 11 is 6.19. The van der Waals surface area contributed by atoms with Gasteiger partial charge in [0.05, 0.1) is 12.7 Å². The van der Waals surface area contributed by atoms with Crippen LogP contribution >= 0.6 is 11.6 Å². The average molecular weight is 305 g/mol. The Balaban J connectivity index is 2.24. The zero-order chi connectivity index (χ0) is 15.4. The van der Waals surface area contributed by atoms with Crippen LogP contribution in [0.2, 0.25) is 5.02 Å².